The van der Waals surface area contributed by atoms with Gasteiger partial charge in [-0.3, -0.25) is 57.5 Å². The molecule has 0 aliphatic carbocycles. The van der Waals surface area contributed by atoms with Gasteiger partial charge < -0.3 is 63.8 Å². The Bertz CT molecular complexity index is 2460. The maximum atomic E-state index is 14.9. The lowest BCUT2D eigenvalue weighted by molar-refractivity contribution is -0.143. The molecule has 2 aromatic rings. The molecule has 24 heteroatoms. The maximum absolute atomic E-state index is 14.9. The number of hydrogen-bond acceptors (Lipinski definition) is 12. The molecule has 3 aliphatic rings. The second kappa shape index (κ2) is 30.2. The number of nitrogens with one attached hydrogen (secondary N) is 8. The number of nitrogens with zero attached hydrogens (tertiary/aromatic N) is 2. The van der Waals surface area contributed by atoms with Crippen molar-refractivity contribution in [3.8, 4) is 0 Å². The number of rotatable bonds is 14. The largest absolute Gasteiger partial charge is 0.370 e. The molecule has 12 N–H and O–H groups in total. The lowest BCUT2D eigenvalue weighted by atomic mass is 9.98. The van der Waals surface area contributed by atoms with Gasteiger partial charge in [-0.2, -0.15) is 0 Å². The molecule has 24 nitrogen and oxygen atoms in total. The van der Waals surface area contributed by atoms with Crippen molar-refractivity contribution in [2.24, 2.45) is 35.1 Å². The van der Waals surface area contributed by atoms with E-state index in [4.69, 9.17) is 11.5 Å². The van der Waals surface area contributed by atoms with E-state index in [9.17, 15) is 57.5 Å². The normalized spacial score (nSPS) is 26.4. The summed E-state index contributed by atoms with van der Waals surface area (Å²) in [6.45, 7) is 14.0. The van der Waals surface area contributed by atoms with E-state index in [1.54, 1.807) is 116 Å². The van der Waals surface area contributed by atoms with E-state index in [1.807, 2.05) is 0 Å². The number of carbonyl (C=O) groups excluding carboxylic acids is 12. The first-order chi connectivity index (χ1) is 38.8. The summed E-state index contributed by atoms with van der Waals surface area (Å²) in [5.74, 6) is -11.0. The molecule has 10 atom stereocenters. The van der Waals surface area contributed by atoms with E-state index in [-0.39, 0.29) is 76.3 Å². The van der Waals surface area contributed by atoms with Crippen LogP contribution in [0.2, 0.25) is 0 Å². The van der Waals surface area contributed by atoms with Crippen LogP contribution in [0.5, 0.6) is 0 Å². The summed E-state index contributed by atoms with van der Waals surface area (Å²) in [7, 11) is 0. The average molecular weight is 1140 g/mol. The standard InChI is InChI=1S/C58H84N12O12/c1-31(2)29-39-51(75)67-47(35-17-11-9-12-18-35)57(81)69-27-15-21-41(69)53(77)66-46(34(7)8)56(80)62-38(24-26-44(60)72)50(74)64-40(30-32(3)4)52(76)68-48(36-19-13-10-14-20-36)58(82)70-28-16-22-42(70)54(78)65-45(33(5)6)55(79)61-37(49(73)63-39)23-25-43(59)71/h9-14,17-20,31-34,37-42,45-48H,15-16,21-30H2,1-8H3,(H2,59,71)(H2,60,72)(H,61,79)(H,62,80)(H,63,73)(H,64,74)(H,65,78)(H,66,77)(H,67,75)(H,68,76)/t37-,38-,39-,40-,41-,42-,45-,46-,47+,48+/m0/s1. The van der Waals surface area contributed by atoms with Crippen LogP contribution in [-0.2, 0) is 57.5 Å². The van der Waals surface area contributed by atoms with Gasteiger partial charge in [0.2, 0.25) is 70.9 Å². The number of hydrogen-bond donors (Lipinski definition) is 10. The highest BCUT2D eigenvalue weighted by atomic mass is 16.2. The molecule has 82 heavy (non-hydrogen) atoms. The molecule has 0 radical (unpaired) electrons. The SMILES string of the molecule is CC(C)C[C@@H]1NC(=O)[C@H](CCC(N)=O)NC(=O)[C@H](C(C)C)NC(=O)[C@@H]2CCCN2C(=O)[C@@H](c2ccccc2)NC(=O)[C@H](CC(C)C)NC(=O)[C@H](CCC(N)=O)NC(=O)[C@H](C(C)C)NC(=O)[C@@H]2CCCN2C(=O)[C@@H](c2ccccc2)NC1=O. The number of amides is 12. The first-order valence-corrected chi connectivity index (χ1v) is 28.5. The van der Waals surface area contributed by atoms with Gasteiger partial charge in [-0.1, -0.05) is 116 Å². The fourth-order valence-corrected chi connectivity index (χ4v) is 10.4. The number of carbonyl (C=O) groups is 12. The second-order valence-electron chi connectivity index (χ2n) is 23.1. The van der Waals surface area contributed by atoms with Crippen LogP contribution in [0.4, 0.5) is 0 Å². The van der Waals surface area contributed by atoms with Gasteiger partial charge >= 0.3 is 0 Å². The second-order valence-corrected chi connectivity index (χ2v) is 23.1. The van der Waals surface area contributed by atoms with Gasteiger partial charge in [0.25, 0.3) is 0 Å². The molecule has 0 unspecified atom stereocenters. The lowest BCUT2D eigenvalue weighted by Crippen LogP contribution is -2.61. The van der Waals surface area contributed by atoms with Gasteiger partial charge in [0.05, 0.1) is 0 Å². The molecule has 3 fully saturated rings. The fraction of sp³-hybridized carbons (Fsp3) is 0.586. The van der Waals surface area contributed by atoms with E-state index in [0.29, 0.717) is 24.0 Å². The summed E-state index contributed by atoms with van der Waals surface area (Å²) < 4.78 is 0. The number of primary amides is 2. The lowest BCUT2D eigenvalue weighted by Gasteiger charge is -2.33. The molecule has 0 aromatic heterocycles. The Hall–Kier alpha value is -7.92. The van der Waals surface area contributed by atoms with Crippen LogP contribution in [0.25, 0.3) is 0 Å². The third-order valence-corrected chi connectivity index (χ3v) is 14.8. The molecule has 12 amide bonds. The fourth-order valence-electron chi connectivity index (χ4n) is 10.4. The number of nitrogens with two attached hydrogens (primary N) is 2. The van der Waals surface area contributed by atoms with Crippen molar-refractivity contribution in [3.63, 3.8) is 0 Å². The summed E-state index contributed by atoms with van der Waals surface area (Å²) in [6.07, 6.45) is -0.196. The van der Waals surface area contributed by atoms with Crippen molar-refractivity contribution in [2.45, 2.75) is 180 Å². The van der Waals surface area contributed by atoms with Crippen LogP contribution < -0.4 is 54.0 Å². The number of fused-ring (bicyclic) bond motifs is 2. The molecule has 0 spiro atoms. The van der Waals surface area contributed by atoms with Crippen molar-refractivity contribution in [1.82, 2.24) is 52.3 Å². The van der Waals surface area contributed by atoms with E-state index in [0.717, 1.165) is 0 Å². The summed E-state index contributed by atoms with van der Waals surface area (Å²) in [5.41, 5.74) is 11.7. The van der Waals surface area contributed by atoms with Crippen LogP contribution in [0, 0.1) is 23.7 Å². The Labute approximate surface area is 479 Å². The van der Waals surface area contributed by atoms with Crippen LogP contribution in [0.15, 0.2) is 60.7 Å². The molecular weight excluding hydrogens is 1060 g/mol. The Balaban J connectivity index is 1.61. The minimum atomic E-state index is -1.47. The number of benzene rings is 2. The third-order valence-electron chi connectivity index (χ3n) is 14.8. The average Bonchev–Trinajstić information content (AvgIpc) is 4.21. The topological polar surface area (TPSA) is 360 Å². The van der Waals surface area contributed by atoms with Crippen molar-refractivity contribution < 1.29 is 57.5 Å². The minimum Gasteiger partial charge on any atom is -0.370 e. The highest BCUT2D eigenvalue weighted by molar-refractivity contribution is 6.00. The zero-order chi connectivity index (χ0) is 60.5. The van der Waals surface area contributed by atoms with Crippen LogP contribution in [0.1, 0.15) is 143 Å². The van der Waals surface area contributed by atoms with E-state index in [2.05, 4.69) is 42.5 Å². The third kappa shape index (κ3) is 18.0. The molecule has 3 aliphatic heterocycles. The molecule has 5 rings (SSSR count). The smallest absolute Gasteiger partial charge is 0.250 e. The van der Waals surface area contributed by atoms with Crippen molar-refractivity contribution in [1.29, 1.82) is 0 Å². The summed E-state index contributed by atoms with van der Waals surface area (Å²) in [6, 6.07) is 3.18. The molecule has 2 aromatic carbocycles. The highest BCUT2D eigenvalue weighted by Gasteiger charge is 2.44. The highest BCUT2D eigenvalue weighted by Crippen LogP contribution is 2.27. The Morgan fingerprint density at radius 3 is 1.06 bits per heavy atom. The van der Waals surface area contributed by atoms with Crippen molar-refractivity contribution >= 4 is 70.9 Å². The van der Waals surface area contributed by atoms with Gasteiger partial charge in [-0.05, 0) is 86.2 Å². The van der Waals surface area contributed by atoms with Crippen LogP contribution >= 0.6 is 0 Å². The van der Waals surface area contributed by atoms with E-state index in [1.165, 1.54) is 9.80 Å². The first-order valence-electron chi connectivity index (χ1n) is 28.5. The van der Waals surface area contributed by atoms with Gasteiger partial charge in [0, 0.05) is 25.9 Å². The monoisotopic (exact) mass is 1140 g/mol. The summed E-state index contributed by atoms with van der Waals surface area (Å²) in [4.78, 5) is 172. The molecule has 3 heterocycles. The van der Waals surface area contributed by atoms with E-state index < -0.39 is 143 Å². The van der Waals surface area contributed by atoms with Gasteiger partial charge in [0.1, 0.15) is 60.4 Å². The minimum absolute atomic E-state index is 0.0385. The van der Waals surface area contributed by atoms with Gasteiger partial charge in [0.15, 0.2) is 0 Å². The van der Waals surface area contributed by atoms with Gasteiger partial charge in [-0.25, -0.2) is 0 Å². The molecule has 448 valence electrons. The molecule has 0 saturated carbocycles. The maximum Gasteiger partial charge on any atom is 0.250 e. The van der Waals surface area contributed by atoms with Crippen molar-refractivity contribution in [3.05, 3.63) is 71.8 Å². The van der Waals surface area contributed by atoms with Crippen LogP contribution in [-0.4, -0.2) is 142 Å². The molecule has 0 bridgehead atoms. The predicted molar refractivity (Wildman–Crippen MR) is 301 cm³/mol. The van der Waals surface area contributed by atoms with Crippen LogP contribution in [0.3, 0.4) is 0 Å². The van der Waals surface area contributed by atoms with Gasteiger partial charge in [-0.15, -0.1) is 0 Å². The Morgan fingerprint density at radius 1 is 0.439 bits per heavy atom. The molecular formula is C58H84N12O12. The Kier molecular flexibility index (Phi) is 23.9. The zero-order valence-corrected chi connectivity index (χ0v) is 48.3. The predicted octanol–water partition coefficient (Wildman–Crippen LogP) is 0.541. The zero-order valence-electron chi connectivity index (χ0n) is 48.3. The quantitative estimate of drug-likeness (QED) is 0.124. The van der Waals surface area contributed by atoms with E-state index >= 15 is 0 Å². The summed E-state index contributed by atoms with van der Waals surface area (Å²) >= 11 is 0. The summed E-state index contributed by atoms with van der Waals surface area (Å²) in [5, 5.41) is 21.9. The van der Waals surface area contributed by atoms with Crippen molar-refractivity contribution in [2.75, 3.05) is 13.1 Å². The first kappa shape index (κ1) is 64.9. The molecule has 3 saturated heterocycles. The Morgan fingerprint density at radius 2 is 0.756 bits per heavy atom.